The number of nitro benzene ring substituents is 1. The zero-order valence-corrected chi connectivity index (χ0v) is 13.6. The molecule has 0 saturated carbocycles. The molecule has 0 aromatic heterocycles. The van der Waals surface area contributed by atoms with Gasteiger partial charge >= 0.3 is 7.60 Å². The Balaban J connectivity index is 2.04. The van der Waals surface area contributed by atoms with Crippen molar-refractivity contribution in [3.8, 4) is 5.75 Å². The molecule has 0 heterocycles. The predicted octanol–water partition coefficient (Wildman–Crippen LogP) is 4.45. The molecule has 1 atom stereocenters. The molecule has 0 aliphatic carbocycles. The Morgan fingerprint density at radius 1 is 1.09 bits per heavy atom. The van der Waals surface area contributed by atoms with Crippen molar-refractivity contribution in [1.29, 1.82) is 0 Å². The summed E-state index contributed by atoms with van der Waals surface area (Å²) in [5.74, 6) is 0.494. The van der Waals surface area contributed by atoms with E-state index in [1.807, 2.05) is 6.07 Å². The first-order valence-corrected chi connectivity index (χ1v) is 8.97. The smallest absolute Gasteiger partial charge is 0.379 e. The van der Waals surface area contributed by atoms with Gasteiger partial charge in [-0.25, -0.2) is 4.57 Å². The lowest BCUT2D eigenvalue weighted by molar-refractivity contribution is -0.384. The maximum absolute atomic E-state index is 12.8. The van der Waals surface area contributed by atoms with Crippen molar-refractivity contribution in [2.45, 2.75) is 13.3 Å². The number of aryl methyl sites for hydroxylation is 1. The predicted molar refractivity (Wildman–Crippen MR) is 88.0 cm³/mol. The average molecular weight is 335 g/mol. The third kappa shape index (κ3) is 5.20. The first-order valence-electron chi connectivity index (χ1n) is 7.24. The Bertz CT molecular complexity index is 687. The van der Waals surface area contributed by atoms with Gasteiger partial charge in [0.25, 0.3) is 5.69 Å². The molecule has 2 aromatic carbocycles. The molecule has 0 bridgehead atoms. The van der Waals surface area contributed by atoms with Gasteiger partial charge in [-0.1, -0.05) is 30.3 Å². The molecule has 7 heteroatoms. The van der Waals surface area contributed by atoms with E-state index in [1.54, 1.807) is 43.3 Å². The molecule has 2 rings (SSSR count). The van der Waals surface area contributed by atoms with Crippen LogP contribution in [0.5, 0.6) is 5.75 Å². The summed E-state index contributed by atoms with van der Waals surface area (Å²) in [6.45, 7) is 2.04. The monoisotopic (exact) mass is 335 g/mol. The first-order chi connectivity index (χ1) is 11.0. The van der Waals surface area contributed by atoms with Crippen LogP contribution in [0.15, 0.2) is 54.6 Å². The highest BCUT2D eigenvalue weighted by molar-refractivity contribution is 7.54. The molecule has 6 nitrogen and oxygen atoms in total. The van der Waals surface area contributed by atoms with E-state index in [-0.39, 0.29) is 18.5 Å². The van der Waals surface area contributed by atoms with Gasteiger partial charge in [-0.05, 0) is 31.0 Å². The second kappa shape index (κ2) is 7.90. The van der Waals surface area contributed by atoms with Gasteiger partial charge in [0.15, 0.2) is 0 Å². The molecule has 0 spiro atoms. The standard InChI is InChI=1S/C16H18NO5P/c1-2-21-23(20,22-16-6-4-3-5-7-16)13-12-14-8-10-15(11-9-14)17(18)19/h3-11H,2,12-13H2,1H3. The third-order valence-corrected chi connectivity index (χ3v) is 5.05. The van der Waals surface area contributed by atoms with E-state index in [4.69, 9.17) is 9.05 Å². The fourth-order valence-corrected chi connectivity index (χ4v) is 3.67. The van der Waals surface area contributed by atoms with Crippen LogP contribution in [-0.4, -0.2) is 17.7 Å². The number of nitro groups is 1. The molecule has 0 fully saturated rings. The van der Waals surface area contributed by atoms with Crippen LogP contribution in [0.2, 0.25) is 0 Å². The minimum atomic E-state index is -3.27. The van der Waals surface area contributed by atoms with E-state index in [1.165, 1.54) is 12.1 Å². The second-order valence-corrected chi connectivity index (χ2v) is 6.94. The summed E-state index contributed by atoms with van der Waals surface area (Å²) >= 11 is 0. The van der Waals surface area contributed by atoms with Crippen molar-refractivity contribution in [3.05, 3.63) is 70.3 Å². The molecule has 0 radical (unpaired) electrons. The molecule has 0 saturated heterocycles. The molecule has 0 amide bonds. The van der Waals surface area contributed by atoms with Gasteiger partial charge in [-0.2, -0.15) is 0 Å². The topological polar surface area (TPSA) is 78.7 Å². The summed E-state index contributed by atoms with van der Waals surface area (Å²) in [7, 11) is -3.27. The molecule has 122 valence electrons. The summed E-state index contributed by atoms with van der Waals surface area (Å²) in [5, 5.41) is 10.6. The van der Waals surface area contributed by atoms with Crippen molar-refractivity contribution in [1.82, 2.24) is 0 Å². The number of non-ortho nitro benzene ring substituents is 1. The number of para-hydroxylation sites is 1. The molecule has 0 N–H and O–H groups in total. The molecule has 0 aliphatic heterocycles. The Labute approximate surface area is 134 Å². The van der Waals surface area contributed by atoms with E-state index in [0.717, 1.165) is 5.56 Å². The van der Waals surface area contributed by atoms with Crippen molar-refractivity contribution in [3.63, 3.8) is 0 Å². The lowest BCUT2D eigenvalue weighted by atomic mass is 10.1. The number of hydrogen-bond acceptors (Lipinski definition) is 5. The molecular formula is C16H18NO5P. The van der Waals surface area contributed by atoms with E-state index in [0.29, 0.717) is 12.2 Å². The molecule has 1 unspecified atom stereocenters. The second-order valence-electron chi connectivity index (χ2n) is 4.83. The zero-order valence-electron chi connectivity index (χ0n) is 12.8. The van der Waals surface area contributed by atoms with Gasteiger partial charge in [-0.15, -0.1) is 0 Å². The number of nitrogens with zero attached hydrogens (tertiary/aromatic N) is 1. The number of benzene rings is 2. The van der Waals surface area contributed by atoms with Gasteiger partial charge in [0.2, 0.25) is 0 Å². The van der Waals surface area contributed by atoms with E-state index in [9.17, 15) is 14.7 Å². The SMILES string of the molecule is CCOP(=O)(CCc1ccc([N+](=O)[O-])cc1)Oc1ccccc1. The Morgan fingerprint density at radius 2 is 1.74 bits per heavy atom. The van der Waals surface area contributed by atoms with E-state index in [2.05, 4.69) is 0 Å². The van der Waals surface area contributed by atoms with Crippen LogP contribution in [0.1, 0.15) is 12.5 Å². The third-order valence-electron chi connectivity index (χ3n) is 3.13. The first kappa shape index (κ1) is 17.2. The number of rotatable bonds is 8. The van der Waals surface area contributed by atoms with Gasteiger partial charge < -0.3 is 9.05 Å². The fraction of sp³-hybridized carbons (Fsp3) is 0.250. The van der Waals surface area contributed by atoms with Gasteiger partial charge in [0, 0.05) is 12.1 Å². The van der Waals surface area contributed by atoms with Crippen molar-refractivity contribution < 1.29 is 18.5 Å². The van der Waals surface area contributed by atoms with Crippen LogP contribution in [0, 0.1) is 10.1 Å². The van der Waals surface area contributed by atoms with Gasteiger partial charge in [0.1, 0.15) is 5.75 Å². The summed E-state index contributed by atoms with van der Waals surface area (Å²) < 4.78 is 23.7. The minimum Gasteiger partial charge on any atom is -0.424 e. The Kier molecular flexibility index (Phi) is 5.90. The number of hydrogen-bond donors (Lipinski definition) is 0. The highest BCUT2D eigenvalue weighted by Crippen LogP contribution is 2.48. The quantitative estimate of drug-likeness (QED) is 0.405. The normalized spacial score (nSPS) is 13.3. The Morgan fingerprint density at radius 3 is 2.30 bits per heavy atom. The van der Waals surface area contributed by atoms with Crippen LogP contribution in [0.3, 0.4) is 0 Å². The van der Waals surface area contributed by atoms with E-state index >= 15 is 0 Å². The van der Waals surface area contributed by atoms with Crippen LogP contribution in [-0.2, 0) is 15.5 Å². The highest BCUT2D eigenvalue weighted by atomic mass is 31.2. The lowest BCUT2D eigenvalue weighted by Crippen LogP contribution is -2.05. The molecular weight excluding hydrogens is 317 g/mol. The average Bonchev–Trinajstić information content (AvgIpc) is 2.54. The lowest BCUT2D eigenvalue weighted by Gasteiger charge is -2.18. The fourth-order valence-electron chi connectivity index (χ4n) is 2.03. The maximum atomic E-state index is 12.8. The largest absolute Gasteiger partial charge is 0.424 e. The van der Waals surface area contributed by atoms with Crippen molar-refractivity contribution >= 4 is 13.3 Å². The zero-order chi connectivity index (χ0) is 16.7. The summed E-state index contributed by atoms with van der Waals surface area (Å²) in [6, 6.07) is 15.0. The summed E-state index contributed by atoms with van der Waals surface area (Å²) in [4.78, 5) is 10.2. The van der Waals surface area contributed by atoms with Gasteiger partial charge in [-0.3, -0.25) is 10.1 Å². The molecule has 0 aliphatic rings. The summed E-state index contributed by atoms with van der Waals surface area (Å²) in [5.41, 5.74) is 0.870. The minimum absolute atomic E-state index is 0.0299. The molecule has 23 heavy (non-hydrogen) atoms. The van der Waals surface area contributed by atoms with Crippen LogP contribution in [0.4, 0.5) is 5.69 Å². The Hall–Kier alpha value is -2.17. The van der Waals surface area contributed by atoms with Crippen LogP contribution >= 0.6 is 7.60 Å². The van der Waals surface area contributed by atoms with Crippen LogP contribution in [0.25, 0.3) is 0 Å². The van der Waals surface area contributed by atoms with Gasteiger partial charge in [0.05, 0.1) is 17.7 Å². The molecule has 2 aromatic rings. The maximum Gasteiger partial charge on any atom is 0.379 e. The van der Waals surface area contributed by atoms with Crippen molar-refractivity contribution in [2.75, 3.05) is 12.8 Å². The van der Waals surface area contributed by atoms with Crippen molar-refractivity contribution in [2.24, 2.45) is 0 Å². The van der Waals surface area contributed by atoms with Crippen LogP contribution < -0.4 is 4.52 Å². The highest BCUT2D eigenvalue weighted by Gasteiger charge is 2.25. The summed E-state index contributed by atoms with van der Waals surface area (Å²) in [6.07, 6.45) is 0.648. The van der Waals surface area contributed by atoms with E-state index < -0.39 is 12.5 Å².